The van der Waals surface area contributed by atoms with E-state index in [1.165, 1.54) is 5.56 Å². The maximum Gasteiger partial charge on any atom is 0.204 e. The highest BCUT2D eigenvalue weighted by molar-refractivity contribution is 5.57. The predicted molar refractivity (Wildman–Crippen MR) is 83.8 cm³/mol. The topological polar surface area (TPSA) is 57.0 Å². The van der Waals surface area contributed by atoms with Crippen molar-refractivity contribution in [1.82, 2.24) is 4.90 Å². The fourth-order valence-corrected chi connectivity index (χ4v) is 3.79. The second kappa shape index (κ2) is 5.63. The zero-order valence-electron chi connectivity index (χ0n) is 13.0. The summed E-state index contributed by atoms with van der Waals surface area (Å²) >= 11 is 0. The van der Waals surface area contributed by atoms with Crippen molar-refractivity contribution in [2.75, 3.05) is 39.4 Å². The van der Waals surface area contributed by atoms with Gasteiger partial charge in [-0.05, 0) is 37.3 Å². The molecular weight excluding hydrogens is 280 g/mol. The van der Waals surface area contributed by atoms with E-state index in [0.29, 0.717) is 13.2 Å². The van der Waals surface area contributed by atoms with Crippen LogP contribution in [0.25, 0.3) is 0 Å². The molecule has 0 aromatic heterocycles. The van der Waals surface area contributed by atoms with Gasteiger partial charge in [0.25, 0.3) is 0 Å². The van der Waals surface area contributed by atoms with Crippen molar-refractivity contribution < 1.29 is 14.2 Å². The lowest BCUT2D eigenvalue weighted by Gasteiger charge is -2.45. The molecule has 0 aliphatic carbocycles. The minimum atomic E-state index is -0.0337. The van der Waals surface area contributed by atoms with Crippen LogP contribution in [0, 0.1) is 0 Å². The molecule has 3 heterocycles. The predicted octanol–water partition coefficient (Wildman–Crippen LogP) is 1.58. The van der Waals surface area contributed by atoms with Crippen LogP contribution in [0.15, 0.2) is 12.1 Å². The summed E-state index contributed by atoms with van der Waals surface area (Å²) in [5, 5.41) is 0. The number of aryl methyl sites for hydroxylation is 1. The second-order valence-electron chi connectivity index (χ2n) is 6.49. The molecule has 3 aliphatic heterocycles. The van der Waals surface area contributed by atoms with E-state index in [2.05, 4.69) is 11.0 Å². The molecule has 4 rings (SSSR count). The Kier molecular flexibility index (Phi) is 3.62. The molecule has 5 nitrogen and oxygen atoms in total. The van der Waals surface area contributed by atoms with E-state index in [1.807, 2.05) is 6.07 Å². The Morgan fingerprint density at radius 3 is 2.68 bits per heavy atom. The molecule has 22 heavy (non-hydrogen) atoms. The van der Waals surface area contributed by atoms with Crippen molar-refractivity contribution in [1.29, 1.82) is 0 Å². The highest BCUT2D eigenvalue weighted by atomic mass is 16.6. The third-order valence-electron chi connectivity index (χ3n) is 5.13. The number of ether oxygens (including phenoxy) is 3. The molecule has 1 saturated heterocycles. The molecule has 5 heteroatoms. The Bertz CT molecular complexity index is 553. The summed E-state index contributed by atoms with van der Waals surface area (Å²) in [6.45, 7) is 5.07. The molecule has 3 aliphatic rings. The number of nitrogens with zero attached hydrogens (tertiary/aromatic N) is 1. The molecule has 2 N–H and O–H groups in total. The van der Waals surface area contributed by atoms with Crippen molar-refractivity contribution in [2.45, 2.75) is 31.3 Å². The summed E-state index contributed by atoms with van der Waals surface area (Å²) < 4.78 is 18.0. The summed E-state index contributed by atoms with van der Waals surface area (Å²) in [4.78, 5) is 2.43. The summed E-state index contributed by atoms with van der Waals surface area (Å²) in [6.07, 6.45) is 4.28. The maximum atomic E-state index is 6.52. The van der Waals surface area contributed by atoms with Gasteiger partial charge in [-0.15, -0.1) is 0 Å². The number of nitrogens with two attached hydrogens (primary N) is 1. The van der Waals surface area contributed by atoms with Gasteiger partial charge in [-0.1, -0.05) is 6.07 Å². The van der Waals surface area contributed by atoms with Crippen LogP contribution in [0.4, 0.5) is 0 Å². The van der Waals surface area contributed by atoms with Crippen LogP contribution < -0.4 is 19.9 Å². The number of fused-ring (bicyclic) bond motifs is 3. The van der Waals surface area contributed by atoms with Gasteiger partial charge in [0, 0.05) is 26.2 Å². The number of hydrogen-bond donors (Lipinski definition) is 1. The normalized spacial score (nSPS) is 23.0. The average molecular weight is 304 g/mol. The van der Waals surface area contributed by atoms with Gasteiger partial charge in [-0.25, -0.2) is 0 Å². The highest BCUT2D eigenvalue weighted by Crippen LogP contribution is 2.48. The quantitative estimate of drug-likeness (QED) is 0.899. The zero-order chi connectivity index (χ0) is 15.0. The van der Waals surface area contributed by atoms with E-state index in [4.69, 9.17) is 19.9 Å². The number of likely N-dealkylation sites (tertiary alicyclic amines) is 1. The Labute approximate surface area is 131 Å². The SMILES string of the molecule is NCCN1CCC2(CCc3ccc4c(c3O2)OCCO4)CC1. The lowest BCUT2D eigenvalue weighted by Crippen LogP contribution is -2.50. The second-order valence-corrected chi connectivity index (χ2v) is 6.49. The number of rotatable bonds is 2. The first-order valence-corrected chi connectivity index (χ1v) is 8.33. The summed E-state index contributed by atoms with van der Waals surface area (Å²) in [5.74, 6) is 2.56. The third kappa shape index (κ3) is 2.42. The standard InChI is InChI=1S/C17H24N2O3/c18-7-10-19-8-5-17(6-9-19)4-3-13-1-2-14-16(15(13)22-17)21-12-11-20-14/h1-2H,3-12,18H2. The van der Waals surface area contributed by atoms with E-state index in [0.717, 1.165) is 69.1 Å². The Hall–Kier alpha value is -1.46. The maximum absolute atomic E-state index is 6.52. The van der Waals surface area contributed by atoms with Crippen molar-refractivity contribution in [3.8, 4) is 17.2 Å². The first-order chi connectivity index (χ1) is 10.8. The molecule has 1 fully saturated rings. The highest BCUT2D eigenvalue weighted by Gasteiger charge is 2.41. The molecule has 0 unspecified atom stereocenters. The molecule has 0 amide bonds. The molecule has 120 valence electrons. The molecule has 0 bridgehead atoms. The third-order valence-corrected chi connectivity index (χ3v) is 5.13. The molecule has 0 radical (unpaired) electrons. The van der Waals surface area contributed by atoms with Crippen molar-refractivity contribution >= 4 is 0 Å². The van der Waals surface area contributed by atoms with Crippen LogP contribution in [-0.2, 0) is 6.42 Å². The van der Waals surface area contributed by atoms with Gasteiger partial charge in [0.15, 0.2) is 11.5 Å². The molecule has 0 atom stereocenters. The minimum absolute atomic E-state index is 0.0337. The van der Waals surface area contributed by atoms with Crippen molar-refractivity contribution in [3.05, 3.63) is 17.7 Å². The van der Waals surface area contributed by atoms with E-state index in [-0.39, 0.29) is 5.60 Å². The average Bonchev–Trinajstić information content (AvgIpc) is 2.57. The van der Waals surface area contributed by atoms with Gasteiger partial charge < -0.3 is 24.8 Å². The van der Waals surface area contributed by atoms with Gasteiger partial charge in [-0.3, -0.25) is 0 Å². The lowest BCUT2D eigenvalue weighted by molar-refractivity contribution is -0.0172. The number of benzene rings is 1. The van der Waals surface area contributed by atoms with Crippen molar-refractivity contribution in [2.24, 2.45) is 5.73 Å². The fraction of sp³-hybridized carbons (Fsp3) is 0.647. The number of piperidine rings is 1. The van der Waals surface area contributed by atoms with Crippen molar-refractivity contribution in [3.63, 3.8) is 0 Å². The van der Waals surface area contributed by atoms with E-state index < -0.39 is 0 Å². The van der Waals surface area contributed by atoms with E-state index in [1.54, 1.807) is 0 Å². The van der Waals surface area contributed by atoms with Crippen LogP contribution in [0.5, 0.6) is 17.2 Å². The van der Waals surface area contributed by atoms with E-state index in [9.17, 15) is 0 Å². The number of hydrogen-bond acceptors (Lipinski definition) is 5. The van der Waals surface area contributed by atoms with Crippen LogP contribution in [0.2, 0.25) is 0 Å². The Balaban J connectivity index is 1.56. The first-order valence-electron chi connectivity index (χ1n) is 8.33. The van der Waals surface area contributed by atoms with Gasteiger partial charge in [0.05, 0.1) is 0 Å². The fourth-order valence-electron chi connectivity index (χ4n) is 3.79. The Morgan fingerprint density at radius 2 is 1.86 bits per heavy atom. The van der Waals surface area contributed by atoms with Crippen LogP contribution in [0.3, 0.4) is 0 Å². The minimum Gasteiger partial charge on any atom is -0.486 e. The molecular formula is C17H24N2O3. The summed E-state index contributed by atoms with van der Waals surface area (Å²) in [5.41, 5.74) is 6.88. The summed E-state index contributed by atoms with van der Waals surface area (Å²) in [7, 11) is 0. The van der Waals surface area contributed by atoms with Gasteiger partial charge >= 0.3 is 0 Å². The van der Waals surface area contributed by atoms with Crippen LogP contribution >= 0.6 is 0 Å². The zero-order valence-corrected chi connectivity index (χ0v) is 13.0. The molecule has 0 saturated carbocycles. The largest absolute Gasteiger partial charge is 0.486 e. The van der Waals surface area contributed by atoms with E-state index >= 15 is 0 Å². The smallest absolute Gasteiger partial charge is 0.204 e. The molecule has 1 aromatic rings. The Morgan fingerprint density at radius 1 is 1.05 bits per heavy atom. The molecule has 1 spiro atoms. The van der Waals surface area contributed by atoms with Crippen LogP contribution in [-0.4, -0.2) is 49.9 Å². The molecule has 1 aromatic carbocycles. The first kappa shape index (κ1) is 14.2. The van der Waals surface area contributed by atoms with Gasteiger partial charge in [0.2, 0.25) is 5.75 Å². The lowest BCUT2D eigenvalue weighted by atomic mass is 9.83. The van der Waals surface area contributed by atoms with Crippen LogP contribution in [0.1, 0.15) is 24.8 Å². The summed E-state index contributed by atoms with van der Waals surface area (Å²) in [6, 6.07) is 4.14. The van der Waals surface area contributed by atoms with Gasteiger partial charge in [-0.2, -0.15) is 0 Å². The van der Waals surface area contributed by atoms with Gasteiger partial charge in [0.1, 0.15) is 18.8 Å². The monoisotopic (exact) mass is 304 g/mol.